The monoisotopic (exact) mass is 234 g/mol. The molecular weight excluding hydrogens is 216 g/mol. The third-order valence-electron chi connectivity index (χ3n) is 2.53. The van der Waals surface area contributed by atoms with Gasteiger partial charge in [-0.1, -0.05) is 0 Å². The summed E-state index contributed by atoms with van der Waals surface area (Å²) < 4.78 is 0. The Kier molecular flexibility index (Phi) is 3.69. The van der Waals surface area contributed by atoms with Crippen molar-refractivity contribution in [2.75, 3.05) is 18.5 Å². The molecule has 0 saturated heterocycles. The molecule has 0 amide bonds. The first-order valence-electron chi connectivity index (χ1n) is 5.44. The molecule has 0 aliphatic carbocycles. The van der Waals surface area contributed by atoms with Crippen LogP contribution in [0.4, 0.5) is 5.82 Å². The van der Waals surface area contributed by atoms with Crippen molar-refractivity contribution in [2.24, 2.45) is 0 Å². The highest BCUT2D eigenvalue weighted by atomic mass is 16.3. The lowest BCUT2D eigenvalue weighted by Crippen LogP contribution is -2.37. The van der Waals surface area contributed by atoms with Gasteiger partial charge >= 0.3 is 0 Å². The number of aromatic nitrogens is 2. The van der Waals surface area contributed by atoms with E-state index in [2.05, 4.69) is 16.3 Å². The second kappa shape index (κ2) is 4.68. The minimum Gasteiger partial charge on any atom is -0.389 e. The summed E-state index contributed by atoms with van der Waals surface area (Å²) in [5, 5.41) is 27.0. The Hall–Kier alpha value is -1.67. The molecule has 0 bridgehead atoms. The maximum atomic E-state index is 9.76. The van der Waals surface area contributed by atoms with Crippen LogP contribution in [0, 0.1) is 25.2 Å². The summed E-state index contributed by atoms with van der Waals surface area (Å²) >= 11 is 0. The Morgan fingerprint density at radius 1 is 1.35 bits per heavy atom. The van der Waals surface area contributed by atoms with Gasteiger partial charge in [-0.3, -0.25) is 0 Å². The fourth-order valence-electron chi connectivity index (χ4n) is 1.65. The second-order valence-electron chi connectivity index (χ2n) is 4.89. The number of hydrogen-bond donors (Lipinski definition) is 1. The minimum absolute atomic E-state index is 0.388. The number of nitriles is 1. The first-order chi connectivity index (χ1) is 7.76. The third kappa shape index (κ3) is 3.14. The van der Waals surface area contributed by atoms with Crippen molar-refractivity contribution in [2.45, 2.75) is 33.3 Å². The van der Waals surface area contributed by atoms with E-state index in [-0.39, 0.29) is 0 Å². The van der Waals surface area contributed by atoms with Gasteiger partial charge in [0.05, 0.1) is 11.3 Å². The molecule has 0 aliphatic heterocycles. The number of hydrogen-bond acceptors (Lipinski definition) is 5. The normalized spacial score (nSPS) is 11.1. The molecule has 1 heterocycles. The fraction of sp³-hybridized carbons (Fsp3) is 0.583. The van der Waals surface area contributed by atoms with Crippen LogP contribution in [0.25, 0.3) is 0 Å². The highest BCUT2D eigenvalue weighted by Gasteiger charge is 2.20. The zero-order valence-corrected chi connectivity index (χ0v) is 10.9. The van der Waals surface area contributed by atoms with Crippen LogP contribution >= 0.6 is 0 Å². The predicted molar refractivity (Wildman–Crippen MR) is 65.8 cm³/mol. The van der Waals surface area contributed by atoms with Crippen LogP contribution in [0.2, 0.25) is 0 Å². The molecule has 0 aliphatic rings. The lowest BCUT2D eigenvalue weighted by Gasteiger charge is -2.26. The standard InChI is InChI=1S/C12H18N4O/c1-8-9(2)14-15-11(10(8)6-13)16(5)7-12(3,4)17/h17H,7H2,1-5H3. The highest BCUT2D eigenvalue weighted by Crippen LogP contribution is 2.21. The molecular formula is C12H18N4O. The van der Waals surface area contributed by atoms with Gasteiger partial charge in [-0.15, -0.1) is 5.10 Å². The van der Waals surface area contributed by atoms with Crippen molar-refractivity contribution in [3.8, 4) is 6.07 Å². The van der Waals surface area contributed by atoms with Gasteiger partial charge in [-0.2, -0.15) is 10.4 Å². The van der Waals surface area contributed by atoms with E-state index in [1.807, 2.05) is 13.8 Å². The molecule has 92 valence electrons. The molecule has 0 radical (unpaired) electrons. The maximum absolute atomic E-state index is 9.76. The highest BCUT2D eigenvalue weighted by molar-refractivity contribution is 5.57. The van der Waals surface area contributed by atoms with Gasteiger partial charge in [-0.25, -0.2) is 0 Å². The first-order valence-corrected chi connectivity index (χ1v) is 5.44. The Balaban J connectivity index is 3.15. The molecule has 0 atom stereocenters. The van der Waals surface area contributed by atoms with E-state index in [9.17, 15) is 5.11 Å². The van der Waals surface area contributed by atoms with Crippen molar-refractivity contribution in [1.29, 1.82) is 5.26 Å². The molecule has 0 spiro atoms. The van der Waals surface area contributed by atoms with Crippen LogP contribution in [0.1, 0.15) is 30.7 Å². The van der Waals surface area contributed by atoms with Crippen molar-refractivity contribution in [1.82, 2.24) is 10.2 Å². The quantitative estimate of drug-likeness (QED) is 0.850. The van der Waals surface area contributed by atoms with Gasteiger partial charge in [0.2, 0.25) is 0 Å². The molecule has 17 heavy (non-hydrogen) atoms. The summed E-state index contributed by atoms with van der Waals surface area (Å²) in [4.78, 5) is 1.75. The van der Waals surface area contributed by atoms with Crippen LogP contribution in [0.3, 0.4) is 0 Å². The van der Waals surface area contributed by atoms with Crippen LogP contribution in [0.15, 0.2) is 0 Å². The van der Waals surface area contributed by atoms with E-state index in [0.717, 1.165) is 11.3 Å². The van der Waals surface area contributed by atoms with E-state index >= 15 is 0 Å². The number of rotatable bonds is 3. The summed E-state index contributed by atoms with van der Waals surface area (Å²) in [6.07, 6.45) is 0. The Labute approximate surface area is 102 Å². The number of likely N-dealkylation sites (N-methyl/N-ethyl adjacent to an activating group) is 1. The van der Waals surface area contributed by atoms with Gasteiger partial charge in [0.1, 0.15) is 11.6 Å². The summed E-state index contributed by atoms with van der Waals surface area (Å²) in [7, 11) is 1.79. The summed E-state index contributed by atoms with van der Waals surface area (Å²) in [5.41, 5.74) is 1.26. The average Bonchev–Trinajstić information content (AvgIpc) is 2.19. The molecule has 1 aromatic heterocycles. The van der Waals surface area contributed by atoms with Crippen LogP contribution in [0.5, 0.6) is 0 Å². The third-order valence-corrected chi connectivity index (χ3v) is 2.53. The predicted octanol–water partition coefficient (Wildman–Crippen LogP) is 1.17. The van der Waals surface area contributed by atoms with Gasteiger partial charge < -0.3 is 10.0 Å². The molecule has 1 N–H and O–H groups in total. The van der Waals surface area contributed by atoms with E-state index in [1.54, 1.807) is 25.8 Å². The molecule has 0 aromatic carbocycles. The number of nitrogens with zero attached hydrogens (tertiary/aromatic N) is 4. The van der Waals surface area contributed by atoms with Crippen LogP contribution < -0.4 is 4.90 Å². The van der Waals surface area contributed by atoms with E-state index in [4.69, 9.17) is 5.26 Å². The lowest BCUT2D eigenvalue weighted by atomic mass is 10.1. The van der Waals surface area contributed by atoms with Crippen LogP contribution in [-0.2, 0) is 0 Å². The van der Waals surface area contributed by atoms with Crippen molar-refractivity contribution in [3.63, 3.8) is 0 Å². The van der Waals surface area contributed by atoms with Crippen molar-refractivity contribution < 1.29 is 5.11 Å². The van der Waals surface area contributed by atoms with Crippen molar-refractivity contribution in [3.05, 3.63) is 16.8 Å². The Morgan fingerprint density at radius 2 is 1.94 bits per heavy atom. The summed E-state index contributed by atoms with van der Waals surface area (Å²) in [6.45, 7) is 7.49. The molecule has 1 aromatic rings. The molecule has 5 nitrogen and oxygen atoms in total. The number of aryl methyl sites for hydroxylation is 1. The average molecular weight is 234 g/mol. The maximum Gasteiger partial charge on any atom is 0.169 e. The zero-order valence-electron chi connectivity index (χ0n) is 10.9. The molecule has 0 fully saturated rings. The topological polar surface area (TPSA) is 73.0 Å². The van der Waals surface area contributed by atoms with E-state index < -0.39 is 5.60 Å². The summed E-state index contributed by atoms with van der Waals surface area (Å²) in [6, 6.07) is 2.15. The lowest BCUT2D eigenvalue weighted by molar-refractivity contribution is 0.0884. The Morgan fingerprint density at radius 3 is 2.41 bits per heavy atom. The molecule has 0 saturated carbocycles. The Bertz CT molecular complexity index is 457. The minimum atomic E-state index is -0.845. The SMILES string of the molecule is Cc1nnc(N(C)CC(C)(C)O)c(C#N)c1C. The second-order valence-corrected chi connectivity index (χ2v) is 4.89. The van der Waals surface area contributed by atoms with Gasteiger partial charge in [0.25, 0.3) is 0 Å². The molecule has 1 rings (SSSR count). The van der Waals surface area contributed by atoms with Crippen molar-refractivity contribution >= 4 is 5.82 Å². The largest absolute Gasteiger partial charge is 0.389 e. The first kappa shape index (κ1) is 13.4. The molecule has 0 unspecified atom stereocenters. The zero-order chi connectivity index (χ0) is 13.2. The smallest absolute Gasteiger partial charge is 0.169 e. The fourth-order valence-corrected chi connectivity index (χ4v) is 1.65. The van der Waals surface area contributed by atoms with E-state index in [1.165, 1.54) is 0 Å². The summed E-state index contributed by atoms with van der Waals surface area (Å²) in [5.74, 6) is 0.512. The number of anilines is 1. The molecule has 5 heteroatoms. The van der Waals surface area contributed by atoms with Gasteiger partial charge in [-0.05, 0) is 33.3 Å². The number of aliphatic hydroxyl groups is 1. The van der Waals surface area contributed by atoms with Crippen LogP contribution in [-0.4, -0.2) is 34.5 Å². The van der Waals surface area contributed by atoms with E-state index in [0.29, 0.717) is 17.9 Å². The van der Waals surface area contributed by atoms with Gasteiger partial charge in [0, 0.05) is 13.6 Å². The van der Waals surface area contributed by atoms with Gasteiger partial charge in [0.15, 0.2) is 5.82 Å².